The predicted octanol–water partition coefficient (Wildman–Crippen LogP) is 3.56. The van der Waals surface area contributed by atoms with Crippen LogP contribution in [0.4, 0.5) is 23.2 Å². The maximum Gasteiger partial charge on any atom is 0.433 e. The molecule has 1 heterocycles. The van der Waals surface area contributed by atoms with Crippen molar-refractivity contribution in [3.63, 3.8) is 0 Å². The topological polar surface area (TPSA) is 45.1 Å². The fourth-order valence-corrected chi connectivity index (χ4v) is 1.56. The van der Waals surface area contributed by atoms with Crippen LogP contribution in [0, 0.1) is 5.82 Å². The van der Waals surface area contributed by atoms with Crippen LogP contribution in [-0.2, 0) is 12.7 Å². The van der Waals surface area contributed by atoms with Crippen LogP contribution in [0.25, 0.3) is 0 Å². The third-order valence-electron chi connectivity index (χ3n) is 2.58. The molecule has 2 rings (SSSR count). The van der Waals surface area contributed by atoms with Gasteiger partial charge in [0.25, 0.3) is 0 Å². The third kappa shape index (κ3) is 3.37. The summed E-state index contributed by atoms with van der Waals surface area (Å²) in [6.07, 6.45) is -3.46. The van der Waals surface area contributed by atoms with Crippen molar-refractivity contribution in [2.75, 3.05) is 5.32 Å². The Bertz CT molecular complexity index is 596. The molecule has 0 bridgehead atoms. The minimum atomic E-state index is -4.49. The highest BCUT2D eigenvalue weighted by Crippen LogP contribution is 2.28. The molecule has 106 valence electrons. The highest BCUT2D eigenvalue weighted by molar-refractivity contribution is 5.44. The fraction of sp³-hybridized carbons (Fsp3) is 0.154. The van der Waals surface area contributed by atoms with Crippen molar-refractivity contribution >= 4 is 5.69 Å². The highest BCUT2D eigenvalue weighted by atomic mass is 19.4. The lowest BCUT2D eigenvalue weighted by molar-refractivity contribution is -0.141. The summed E-state index contributed by atoms with van der Waals surface area (Å²) in [4.78, 5) is 3.28. The van der Waals surface area contributed by atoms with Crippen LogP contribution in [0.5, 0.6) is 5.75 Å². The average Bonchev–Trinajstić information content (AvgIpc) is 2.39. The van der Waals surface area contributed by atoms with Gasteiger partial charge >= 0.3 is 6.18 Å². The third-order valence-corrected chi connectivity index (χ3v) is 2.58. The summed E-state index contributed by atoms with van der Waals surface area (Å²) in [7, 11) is 0. The van der Waals surface area contributed by atoms with Crippen LogP contribution in [-0.4, -0.2) is 10.1 Å². The number of benzene rings is 1. The second-order valence-corrected chi connectivity index (χ2v) is 4.06. The first kappa shape index (κ1) is 14.1. The number of halogens is 4. The van der Waals surface area contributed by atoms with E-state index in [-0.39, 0.29) is 12.3 Å². The Kier molecular flexibility index (Phi) is 3.78. The van der Waals surface area contributed by atoms with Crippen LogP contribution in [0.1, 0.15) is 11.3 Å². The Balaban J connectivity index is 2.06. The molecule has 0 radical (unpaired) electrons. The molecule has 2 aromatic rings. The van der Waals surface area contributed by atoms with Gasteiger partial charge in [-0.2, -0.15) is 13.2 Å². The molecule has 1 aromatic carbocycles. The first-order valence-electron chi connectivity index (χ1n) is 5.61. The van der Waals surface area contributed by atoms with E-state index in [2.05, 4.69) is 10.3 Å². The molecule has 0 atom stereocenters. The van der Waals surface area contributed by atoms with Gasteiger partial charge in [0.15, 0.2) is 0 Å². The molecule has 0 saturated heterocycles. The van der Waals surface area contributed by atoms with Gasteiger partial charge in [0.1, 0.15) is 17.3 Å². The molecule has 0 fully saturated rings. The van der Waals surface area contributed by atoms with Crippen molar-refractivity contribution < 1.29 is 22.7 Å². The average molecular weight is 286 g/mol. The van der Waals surface area contributed by atoms with Crippen LogP contribution >= 0.6 is 0 Å². The number of aromatic hydroxyl groups is 1. The molecule has 7 heteroatoms. The number of hydrogen-bond donors (Lipinski definition) is 2. The number of rotatable bonds is 3. The molecule has 1 aromatic heterocycles. The van der Waals surface area contributed by atoms with Crippen molar-refractivity contribution in [1.29, 1.82) is 0 Å². The summed E-state index contributed by atoms with van der Waals surface area (Å²) in [5.41, 5.74) is -0.358. The van der Waals surface area contributed by atoms with Gasteiger partial charge in [0, 0.05) is 12.1 Å². The highest BCUT2D eigenvalue weighted by Gasteiger charge is 2.31. The number of phenols is 1. The molecular weight excluding hydrogens is 276 g/mol. The normalized spacial score (nSPS) is 11.4. The molecule has 0 spiro atoms. The second-order valence-electron chi connectivity index (χ2n) is 4.06. The predicted molar refractivity (Wildman–Crippen MR) is 64.6 cm³/mol. The van der Waals surface area contributed by atoms with E-state index < -0.39 is 17.7 Å². The van der Waals surface area contributed by atoms with Gasteiger partial charge in [-0.1, -0.05) is 0 Å². The maximum atomic E-state index is 13.0. The summed E-state index contributed by atoms with van der Waals surface area (Å²) in [5, 5.41) is 12.2. The van der Waals surface area contributed by atoms with Crippen LogP contribution < -0.4 is 5.32 Å². The maximum absolute atomic E-state index is 13.0. The van der Waals surface area contributed by atoms with Gasteiger partial charge in [-0.25, -0.2) is 9.37 Å². The van der Waals surface area contributed by atoms with E-state index >= 15 is 0 Å². The van der Waals surface area contributed by atoms with E-state index in [0.717, 1.165) is 24.4 Å². The molecule has 20 heavy (non-hydrogen) atoms. The molecule has 2 N–H and O–H groups in total. The van der Waals surface area contributed by atoms with E-state index in [4.69, 9.17) is 0 Å². The number of aromatic nitrogens is 1. The van der Waals surface area contributed by atoms with Crippen LogP contribution in [0.2, 0.25) is 0 Å². The monoisotopic (exact) mass is 286 g/mol. The number of pyridine rings is 1. The number of phenolic OH excluding ortho intramolecular Hbond substituents is 1. The summed E-state index contributed by atoms with van der Waals surface area (Å²) in [6, 6.07) is 5.51. The molecule has 0 aliphatic carbocycles. The van der Waals surface area contributed by atoms with Crippen molar-refractivity contribution in [2.24, 2.45) is 0 Å². The first-order chi connectivity index (χ1) is 9.36. The van der Waals surface area contributed by atoms with Gasteiger partial charge in [0.05, 0.1) is 11.9 Å². The standard InChI is InChI=1S/C13H10F4N2O/c14-9-1-3-11(20)8(5-9)6-18-10-2-4-12(19-7-10)13(15,16)17/h1-5,7,18,20H,6H2. The van der Waals surface area contributed by atoms with Gasteiger partial charge in [-0.05, 0) is 30.3 Å². The summed E-state index contributed by atoms with van der Waals surface area (Å²) >= 11 is 0. The van der Waals surface area contributed by atoms with Gasteiger partial charge in [-0.15, -0.1) is 0 Å². The smallest absolute Gasteiger partial charge is 0.433 e. The van der Waals surface area contributed by atoms with Crippen molar-refractivity contribution in [3.8, 4) is 5.75 Å². The Morgan fingerprint density at radius 1 is 1.15 bits per heavy atom. The van der Waals surface area contributed by atoms with E-state index in [1.54, 1.807) is 0 Å². The Morgan fingerprint density at radius 3 is 2.50 bits per heavy atom. The van der Waals surface area contributed by atoms with E-state index in [1.807, 2.05) is 0 Å². The summed E-state index contributed by atoms with van der Waals surface area (Å²) in [6.45, 7) is 0.0661. The zero-order valence-electron chi connectivity index (χ0n) is 10.1. The van der Waals surface area contributed by atoms with Gasteiger partial charge < -0.3 is 10.4 Å². The molecule has 3 nitrogen and oxygen atoms in total. The zero-order valence-corrected chi connectivity index (χ0v) is 10.1. The molecule has 0 aliphatic rings. The molecule has 0 aliphatic heterocycles. The largest absolute Gasteiger partial charge is 0.508 e. The summed E-state index contributed by atoms with van der Waals surface area (Å²) in [5.74, 6) is -0.607. The Labute approximate surface area is 111 Å². The lowest BCUT2D eigenvalue weighted by atomic mass is 10.2. The number of alkyl halides is 3. The lowest BCUT2D eigenvalue weighted by Gasteiger charge is -2.09. The fourth-order valence-electron chi connectivity index (χ4n) is 1.56. The number of anilines is 1. The SMILES string of the molecule is Oc1ccc(F)cc1CNc1ccc(C(F)(F)F)nc1. The minimum Gasteiger partial charge on any atom is -0.508 e. The molecular formula is C13H10F4N2O. The Hall–Kier alpha value is -2.31. The van der Waals surface area contributed by atoms with Crippen molar-refractivity contribution in [3.05, 3.63) is 53.6 Å². The zero-order chi connectivity index (χ0) is 14.8. The molecule has 0 unspecified atom stereocenters. The lowest BCUT2D eigenvalue weighted by Crippen LogP contribution is -2.08. The number of nitrogens with zero attached hydrogens (tertiary/aromatic N) is 1. The van der Waals surface area contributed by atoms with Crippen molar-refractivity contribution in [1.82, 2.24) is 4.98 Å². The Morgan fingerprint density at radius 2 is 1.90 bits per heavy atom. The molecule has 0 saturated carbocycles. The van der Waals surface area contributed by atoms with Crippen LogP contribution in [0.15, 0.2) is 36.5 Å². The minimum absolute atomic E-state index is 0.0661. The van der Waals surface area contributed by atoms with Crippen molar-refractivity contribution in [2.45, 2.75) is 12.7 Å². The van der Waals surface area contributed by atoms with Crippen LogP contribution in [0.3, 0.4) is 0 Å². The summed E-state index contributed by atoms with van der Waals surface area (Å²) < 4.78 is 49.9. The number of nitrogens with one attached hydrogen (secondary N) is 1. The quantitative estimate of drug-likeness (QED) is 0.848. The molecule has 0 amide bonds. The van der Waals surface area contributed by atoms with E-state index in [0.29, 0.717) is 11.3 Å². The van der Waals surface area contributed by atoms with Gasteiger partial charge in [0.2, 0.25) is 0 Å². The van der Waals surface area contributed by atoms with E-state index in [1.165, 1.54) is 12.1 Å². The first-order valence-corrected chi connectivity index (χ1v) is 5.61. The van der Waals surface area contributed by atoms with E-state index in [9.17, 15) is 22.7 Å². The second kappa shape index (κ2) is 5.36. The van der Waals surface area contributed by atoms with Gasteiger partial charge in [-0.3, -0.25) is 0 Å². The number of hydrogen-bond acceptors (Lipinski definition) is 3.